The van der Waals surface area contributed by atoms with Gasteiger partial charge in [0.15, 0.2) is 0 Å². The number of rotatable bonds is 4. The van der Waals surface area contributed by atoms with Gasteiger partial charge < -0.3 is 5.73 Å². The molecule has 2 aromatic rings. The van der Waals surface area contributed by atoms with Gasteiger partial charge in [-0.05, 0) is 42.4 Å². The fourth-order valence-corrected chi connectivity index (χ4v) is 2.45. The standard InChI is InChI=1S/C15H17BrN2/c1-18(10-12-4-2-6-14(16)8-12)11-13-5-3-7-15(17)9-13/h2-9H,10-11,17H2,1H3. The SMILES string of the molecule is CN(Cc1cccc(N)c1)Cc1cccc(Br)c1. The largest absolute Gasteiger partial charge is 0.399 e. The fraction of sp³-hybridized carbons (Fsp3) is 0.200. The average Bonchev–Trinajstić information content (AvgIpc) is 2.28. The van der Waals surface area contributed by atoms with Crippen LogP contribution < -0.4 is 5.73 Å². The van der Waals surface area contributed by atoms with Crippen molar-refractivity contribution >= 4 is 21.6 Å². The number of nitrogens with two attached hydrogens (primary N) is 1. The fourth-order valence-electron chi connectivity index (χ4n) is 2.01. The Kier molecular flexibility index (Phi) is 4.39. The first kappa shape index (κ1) is 13.1. The van der Waals surface area contributed by atoms with Crippen LogP contribution in [0.15, 0.2) is 53.0 Å². The zero-order chi connectivity index (χ0) is 13.0. The third-order valence-corrected chi connectivity index (χ3v) is 3.24. The first-order valence-electron chi connectivity index (χ1n) is 5.91. The van der Waals surface area contributed by atoms with Gasteiger partial charge in [0.05, 0.1) is 0 Å². The van der Waals surface area contributed by atoms with Gasteiger partial charge in [-0.15, -0.1) is 0 Å². The van der Waals surface area contributed by atoms with E-state index in [0.717, 1.165) is 23.2 Å². The summed E-state index contributed by atoms with van der Waals surface area (Å²) in [6.45, 7) is 1.83. The summed E-state index contributed by atoms with van der Waals surface area (Å²) in [5, 5.41) is 0. The zero-order valence-corrected chi connectivity index (χ0v) is 12.0. The van der Waals surface area contributed by atoms with Crippen LogP contribution in [0.3, 0.4) is 0 Å². The summed E-state index contributed by atoms with van der Waals surface area (Å²) in [6.07, 6.45) is 0. The molecule has 0 heterocycles. The molecule has 0 aromatic heterocycles. The van der Waals surface area contributed by atoms with Crippen LogP contribution in [-0.2, 0) is 13.1 Å². The Balaban J connectivity index is 1.98. The predicted molar refractivity (Wildman–Crippen MR) is 80.2 cm³/mol. The molecule has 2 nitrogen and oxygen atoms in total. The van der Waals surface area contributed by atoms with Crippen LogP contribution in [-0.4, -0.2) is 11.9 Å². The molecule has 0 saturated heterocycles. The highest BCUT2D eigenvalue weighted by Gasteiger charge is 2.02. The first-order valence-corrected chi connectivity index (χ1v) is 6.70. The van der Waals surface area contributed by atoms with Crippen LogP contribution in [0.25, 0.3) is 0 Å². The molecule has 0 unspecified atom stereocenters. The normalized spacial score (nSPS) is 10.8. The van der Waals surface area contributed by atoms with Crippen molar-refractivity contribution in [3.05, 3.63) is 64.1 Å². The molecule has 0 bridgehead atoms. The maximum atomic E-state index is 5.78. The second-order valence-corrected chi connectivity index (χ2v) is 5.46. The van der Waals surface area contributed by atoms with Crippen LogP contribution in [0, 0.1) is 0 Å². The van der Waals surface area contributed by atoms with E-state index in [4.69, 9.17) is 5.73 Å². The van der Waals surface area contributed by atoms with Crippen molar-refractivity contribution < 1.29 is 0 Å². The molecule has 0 radical (unpaired) electrons. The number of nitrogen functional groups attached to an aromatic ring is 1. The quantitative estimate of drug-likeness (QED) is 0.873. The molecule has 0 saturated carbocycles. The van der Waals surface area contributed by atoms with Crippen LogP contribution in [0.1, 0.15) is 11.1 Å². The highest BCUT2D eigenvalue weighted by Crippen LogP contribution is 2.14. The number of hydrogen-bond acceptors (Lipinski definition) is 2. The summed E-state index contributed by atoms with van der Waals surface area (Å²) in [4.78, 5) is 2.27. The smallest absolute Gasteiger partial charge is 0.0317 e. The monoisotopic (exact) mass is 304 g/mol. The average molecular weight is 305 g/mol. The second kappa shape index (κ2) is 6.03. The Morgan fingerprint density at radius 3 is 2.22 bits per heavy atom. The molecule has 18 heavy (non-hydrogen) atoms. The Hall–Kier alpha value is -1.32. The molecular weight excluding hydrogens is 288 g/mol. The summed E-state index contributed by atoms with van der Waals surface area (Å²) in [6, 6.07) is 16.4. The van der Waals surface area contributed by atoms with Gasteiger partial charge in [0, 0.05) is 23.2 Å². The highest BCUT2D eigenvalue weighted by atomic mass is 79.9. The van der Waals surface area contributed by atoms with Crippen LogP contribution >= 0.6 is 15.9 Å². The topological polar surface area (TPSA) is 29.3 Å². The lowest BCUT2D eigenvalue weighted by atomic mass is 10.1. The van der Waals surface area contributed by atoms with E-state index in [1.165, 1.54) is 11.1 Å². The lowest BCUT2D eigenvalue weighted by Crippen LogP contribution is -2.17. The molecule has 2 rings (SSSR count). The summed E-state index contributed by atoms with van der Waals surface area (Å²) >= 11 is 3.49. The lowest BCUT2D eigenvalue weighted by molar-refractivity contribution is 0.319. The Labute approximate surface area is 117 Å². The minimum absolute atomic E-state index is 0.823. The summed E-state index contributed by atoms with van der Waals surface area (Å²) in [5.74, 6) is 0. The Bertz CT molecular complexity index is 478. The molecule has 0 fully saturated rings. The molecule has 0 aliphatic carbocycles. The van der Waals surface area contributed by atoms with Gasteiger partial charge in [0.2, 0.25) is 0 Å². The van der Waals surface area contributed by atoms with E-state index in [-0.39, 0.29) is 0 Å². The third-order valence-electron chi connectivity index (χ3n) is 2.75. The first-order chi connectivity index (χ1) is 8.63. The molecule has 0 atom stereocenters. The van der Waals surface area contributed by atoms with Gasteiger partial charge in [0.1, 0.15) is 0 Å². The van der Waals surface area contributed by atoms with Gasteiger partial charge in [-0.1, -0.05) is 40.2 Å². The lowest BCUT2D eigenvalue weighted by Gasteiger charge is -2.17. The molecule has 2 N–H and O–H groups in total. The van der Waals surface area contributed by atoms with E-state index in [1.807, 2.05) is 24.3 Å². The van der Waals surface area contributed by atoms with Gasteiger partial charge in [0.25, 0.3) is 0 Å². The molecule has 3 heteroatoms. The van der Waals surface area contributed by atoms with Crippen LogP contribution in [0.5, 0.6) is 0 Å². The maximum Gasteiger partial charge on any atom is 0.0317 e. The number of anilines is 1. The number of hydrogen-bond donors (Lipinski definition) is 1. The van der Waals surface area contributed by atoms with Gasteiger partial charge in [-0.2, -0.15) is 0 Å². The van der Waals surface area contributed by atoms with Crippen LogP contribution in [0.4, 0.5) is 5.69 Å². The minimum Gasteiger partial charge on any atom is -0.399 e. The van der Waals surface area contributed by atoms with E-state index in [1.54, 1.807) is 0 Å². The molecule has 0 amide bonds. The van der Waals surface area contributed by atoms with E-state index in [2.05, 4.69) is 52.1 Å². The molecule has 94 valence electrons. The summed E-state index contributed by atoms with van der Waals surface area (Å²) in [5.41, 5.74) is 9.15. The highest BCUT2D eigenvalue weighted by molar-refractivity contribution is 9.10. The number of benzene rings is 2. The van der Waals surface area contributed by atoms with Crippen molar-refractivity contribution in [2.45, 2.75) is 13.1 Å². The number of halogens is 1. The van der Waals surface area contributed by atoms with E-state index in [0.29, 0.717) is 0 Å². The molecule has 0 spiro atoms. The predicted octanol–water partition coefficient (Wildman–Crippen LogP) is 3.66. The van der Waals surface area contributed by atoms with Crippen molar-refractivity contribution in [1.82, 2.24) is 4.90 Å². The van der Waals surface area contributed by atoms with Gasteiger partial charge in [-0.25, -0.2) is 0 Å². The van der Waals surface area contributed by atoms with Crippen molar-refractivity contribution in [3.8, 4) is 0 Å². The molecule has 0 aliphatic heterocycles. The molecule has 0 aliphatic rings. The maximum absolute atomic E-state index is 5.78. The van der Waals surface area contributed by atoms with E-state index in [9.17, 15) is 0 Å². The van der Waals surface area contributed by atoms with E-state index >= 15 is 0 Å². The van der Waals surface area contributed by atoms with Crippen molar-refractivity contribution in [2.24, 2.45) is 0 Å². The van der Waals surface area contributed by atoms with Crippen molar-refractivity contribution in [1.29, 1.82) is 0 Å². The summed E-state index contributed by atoms with van der Waals surface area (Å²) < 4.78 is 1.12. The Morgan fingerprint density at radius 2 is 1.61 bits per heavy atom. The van der Waals surface area contributed by atoms with Crippen molar-refractivity contribution in [3.63, 3.8) is 0 Å². The second-order valence-electron chi connectivity index (χ2n) is 4.55. The summed E-state index contributed by atoms with van der Waals surface area (Å²) in [7, 11) is 2.12. The van der Waals surface area contributed by atoms with E-state index < -0.39 is 0 Å². The van der Waals surface area contributed by atoms with Gasteiger partial charge in [-0.3, -0.25) is 4.90 Å². The third kappa shape index (κ3) is 3.86. The minimum atomic E-state index is 0.823. The zero-order valence-electron chi connectivity index (χ0n) is 10.4. The van der Waals surface area contributed by atoms with Crippen LogP contribution in [0.2, 0.25) is 0 Å². The molecule has 2 aromatic carbocycles. The van der Waals surface area contributed by atoms with Gasteiger partial charge >= 0.3 is 0 Å². The number of nitrogens with zero attached hydrogens (tertiary/aromatic N) is 1. The van der Waals surface area contributed by atoms with Crippen molar-refractivity contribution in [2.75, 3.05) is 12.8 Å². The Morgan fingerprint density at radius 1 is 1.00 bits per heavy atom. The molecular formula is C15H17BrN2.